The van der Waals surface area contributed by atoms with Crippen LogP contribution in [0.2, 0.25) is 0 Å². The second-order valence-corrected chi connectivity index (χ2v) is 4.14. The molecule has 0 amide bonds. The minimum Gasteiger partial charge on any atom is -0.487 e. The van der Waals surface area contributed by atoms with E-state index < -0.39 is 0 Å². The molecular formula is C9H7Cl2IO. The molecule has 0 aliphatic rings. The van der Waals surface area contributed by atoms with Crippen molar-refractivity contribution in [2.75, 3.05) is 6.61 Å². The quantitative estimate of drug-likeness (QED) is 0.762. The maximum Gasteiger partial charge on any atom is 0.133 e. The van der Waals surface area contributed by atoms with E-state index in [0.717, 1.165) is 9.32 Å². The zero-order valence-electron chi connectivity index (χ0n) is 6.64. The first kappa shape index (κ1) is 11.1. The molecule has 1 nitrogen and oxygen atoms in total. The molecule has 0 unspecified atom stereocenters. The van der Waals surface area contributed by atoms with Gasteiger partial charge in [-0.25, -0.2) is 0 Å². The molecule has 1 rings (SSSR count). The number of benzene rings is 1. The van der Waals surface area contributed by atoms with Crippen LogP contribution in [0.4, 0.5) is 0 Å². The molecule has 0 aliphatic carbocycles. The van der Waals surface area contributed by atoms with Crippen molar-refractivity contribution >= 4 is 45.8 Å². The van der Waals surface area contributed by atoms with Gasteiger partial charge in [0.15, 0.2) is 0 Å². The first-order valence-corrected chi connectivity index (χ1v) is 5.45. The second-order valence-electron chi connectivity index (χ2n) is 2.28. The lowest BCUT2D eigenvalue weighted by Crippen LogP contribution is -1.97. The van der Waals surface area contributed by atoms with Crippen molar-refractivity contribution in [3.05, 3.63) is 38.4 Å². The summed E-state index contributed by atoms with van der Waals surface area (Å²) in [6, 6.07) is 7.72. The first-order chi connectivity index (χ1) is 6.24. The third kappa shape index (κ3) is 3.75. The van der Waals surface area contributed by atoms with Crippen LogP contribution in [-0.4, -0.2) is 6.61 Å². The summed E-state index contributed by atoms with van der Waals surface area (Å²) in [5.74, 6) is 0.819. The van der Waals surface area contributed by atoms with Crippen molar-refractivity contribution < 1.29 is 4.74 Å². The molecule has 0 spiro atoms. The van der Waals surface area contributed by atoms with E-state index in [1.807, 2.05) is 24.3 Å². The number of hydrogen-bond donors (Lipinski definition) is 0. The number of para-hydroxylation sites is 1. The van der Waals surface area contributed by atoms with Crippen LogP contribution in [0.15, 0.2) is 34.8 Å². The van der Waals surface area contributed by atoms with Crippen LogP contribution < -0.4 is 4.74 Å². The SMILES string of the molecule is ClC=C(Cl)COc1ccccc1I. The third-order valence-corrected chi connectivity index (χ3v) is 2.81. The lowest BCUT2D eigenvalue weighted by molar-refractivity contribution is 0.357. The number of rotatable bonds is 3. The van der Waals surface area contributed by atoms with E-state index in [1.165, 1.54) is 5.54 Å². The summed E-state index contributed by atoms with van der Waals surface area (Å²) < 4.78 is 6.45. The van der Waals surface area contributed by atoms with Crippen LogP contribution in [0.1, 0.15) is 0 Å². The summed E-state index contributed by atoms with van der Waals surface area (Å²) in [4.78, 5) is 0. The van der Waals surface area contributed by atoms with Crippen molar-refractivity contribution in [3.63, 3.8) is 0 Å². The third-order valence-electron chi connectivity index (χ3n) is 1.32. The fraction of sp³-hybridized carbons (Fsp3) is 0.111. The van der Waals surface area contributed by atoms with Gasteiger partial charge in [0.05, 0.1) is 8.60 Å². The average molecular weight is 329 g/mol. The molecule has 13 heavy (non-hydrogen) atoms. The average Bonchev–Trinajstić information content (AvgIpc) is 2.16. The van der Waals surface area contributed by atoms with Crippen molar-refractivity contribution in [1.82, 2.24) is 0 Å². The van der Waals surface area contributed by atoms with E-state index in [0.29, 0.717) is 11.6 Å². The standard InChI is InChI=1S/C9H7Cl2IO/c10-5-7(11)6-13-9-4-2-1-3-8(9)12/h1-5H,6H2. The van der Waals surface area contributed by atoms with Gasteiger partial charge in [0.25, 0.3) is 0 Å². The van der Waals surface area contributed by atoms with Crippen LogP contribution in [-0.2, 0) is 0 Å². The zero-order valence-corrected chi connectivity index (χ0v) is 10.3. The summed E-state index contributed by atoms with van der Waals surface area (Å²) in [6.45, 7) is 0.311. The Morgan fingerprint density at radius 2 is 2.15 bits per heavy atom. The molecule has 4 heteroatoms. The highest BCUT2D eigenvalue weighted by Gasteiger charge is 1.99. The van der Waals surface area contributed by atoms with E-state index in [1.54, 1.807) is 0 Å². The van der Waals surface area contributed by atoms with Gasteiger partial charge in [-0.1, -0.05) is 35.3 Å². The molecule has 0 fully saturated rings. The predicted molar refractivity (Wildman–Crippen MR) is 64.4 cm³/mol. The zero-order chi connectivity index (χ0) is 9.68. The topological polar surface area (TPSA) is 9.23 Å². The van der Waals surface area contributed by atoms with E-state index in [2.05, 4.69) is 22.6 Å². The molecule has 70 valence electrons. The molecule has 1 aromatic carbocycles. The molecule has 0 saturated heterocycles. The molecule has 0 saturated carbocycles. The van der Waals surface area contributed by atoms with Gasteiger partial charge in [-0.3, -0.25) is 0 Å². The Morgan fingerprint density at radius 3 is 2.77 bits per heavy atom. The Hall–Kier alpha value is 0.0700. The summed E-state index contributed by atoms with van der Waals surface area (Å²) in [7, 11) is 0. The summed E-state index contributed by atoms with van der Waals surface area (Å²) in [5, 5.41) is 0.487. The smallest absolute Gasteiger partial charge is 0.133 e. The molecular weight excluding hydrogens is 322 g/mol. The fourth-order valence-electron chi connectivity index (χ4n) is 0.740. The lowest BCUT2D eigenvalue weighted by atomic mass is 10.3. The first-order valence-electron chi connectivity index (χ1n) is 3.56. The maximum absolute atomic E-state index is 5.67. The Bertz CT molecular complexity index is 312. The highest BCUT2D eigenvalue weighted by molar-refractivity contribution is 14.1. The van der Waals surface area contributed by atoms with Crippen LogP contribution in [0, 0.1) is 3.57 Å². The Kier molecular flexibility index (Phi) is 4.91. The van der Waals surface area contributed by atoms with Gasteiger partial charge < -0.3 is 4.74 Å². The Balaban J connectivity index is 2.60. The molecule has 0 heterocycles. The second kappa shape index (κ2) is 5.73. The van der Waals surface area contributed by atoms with Gasteiger partial charge in [0, 0.05) is 5.54 Å². The largest absolute Gasteiger partial charge is 0.487 e. The van der Waals surface area contributed by atoms with E-state index in [-0.39, 0.29) is 0 Å². The van der Waals surface area contributed by atoms with E-state index in [4.69, 9.17) is 27.9 Å². The Labute approximate surface area is 101 Å². The van der Waals surface area contributed by atoms with Crippen molar-refractivity contribution in [2.24, 2.45) is 0 Å². The van der Waals surface area contributed by atoms with Crippen molar-refractivity contribution in [2.45, 2.75) is 0 Å². The summed E-state index contributed by atoms with van der Waals surface area (Å²) in [5.41, 5.74) is 1.30. The monoisotopic (exact) mass is 328 g/mol. The minimum absolute atomic E-state index is 0.311. The van der Waals surface area contributed by atoms with Crippen molar-refractivity contribution in [3.8, 4) is 5.75 Å². The molecule has 0 aromatic heterocycles. The minimum atomic E-state index is 0.311. The predicted octanol–water partition coefficient (Wildman–Crippen LogP) is 3.99. The van der Waals surface area contributed by atoms with Crippen LogP contribution >= 0.6 is 45.8 Å². The number of ether oxygens (including phenoxy) is 1. The van der Waals surface area contributed by atoms with Gasteiger partial charge >= 0.3 is 0 Å². The van der Waals surface area contributed by atoms with Gasteiger partial charge in [0.2, 0.25) is 0 Å². The highest BCUT2D eigenvalue weighted by Crippen LogP contribution is 2.20. The summed E-state index contributed by atoms with van der Waals surface area (Å²) >= 11 is 13.3. The lowest BCUT2D eigenvalue weighted by Gasteiger charge is -2.06. The van der Waals surface area contributed by atoms with E-state index in [9.17, 15) is 0 Å². The van der Waals surface area contributed by atoms with E-state index >= 15 is 0 Å². The highest BCUT2D eigenvalue weighted by atomic mass is 127. The molecule has 0 radical (unpaired) electrons. The molecule has 0 bridgehead atoms. The number of hydrogen-bond acceptors (Lipinski definition) is 1. The summed E-state index contributed by atoms with van der Waals surface area (Å²) in [6.07, 6.45) is 0. The molecule has 0 N–H and O–H groups in total. The van der Waals surface area contributed by atoms with Crippen molar-refractivity contribution in [1.29, 1.82) is 0 Å². The molecule has 0 atom stereocenters. The van der Waals surface area contributed by atoms with Crippen LogP contribution in [0.25, 0.3) is 0 Å². The van der Waals surface area contributed by atoms with Crippen LogP contribution in [0.3, 0.4) is 0 Å². The van der Waals surface area contributed by atoms with Crippen LogP contribution in [0.5, 0.6) is 5.75 Å². The molecule has 1 aromatic rings. The Morgan fingerprint density at radius 1 is 1.46 bits per heavy atom. The fourth-order valence-corrected chi connectivity index (χ4v) is 1.40. The molecule has 0 aliphatic heterocycles. The van der Waals surface area contributed by atoms with Gasteiger partial charge in [-0.2, -0.15) is 0 Å². The van der Waals surface area contributed by atoms with Gasteiger partial charge in [-0.15, -0.1) is 0 Å². The maximum atomic E-state index is 5.67. The number of halogens is 3. The van der Waals surface area contributed by atoms with Gasteiger partial charge in [-0.05, 0) is 34.7 Å². The van der Waals surface area contributed by atoms with Gasteiger partial charge in [0.1, 0.15) is 12.4 Å². The normalized spacial score (nSPS) is 11.5.